The summed E-state index contributed by atoms with van der Waals surface area (Å²) in [5, 5.41) is 8.09. The van der Waals surface area contributed by atoms with Crippen molar-refractivity contribution < 1.29 is 0 Å². The van der Waals surface area contributed by atoms with Gasteiger partial charge in [0.25, 0.3) is 0 Å². The predicted octanol–water partition coefficient (Wildman–Crippen LogP) is 5.57. The Balaban J connectivity index is 1.17. The molecule has 2 aromatic heterocycles. The van der Waals surface area contributed by atoms with Crippen LogP contribution in [0.25, 0.3) is 22.6 Å². The first kappa shape index (κ1) is 19.9. The number of halogens is 1. The van der Waals surface area contributed by atoms with Crippen molar-refractivity contribution in [2.45, 2.75) is 25.3 Å². The molecule has 0 bridgehead atoms. The largest absolute Gasteiger partial charge is 0.299 e. The third-order valence-corrected chi connectivity index (χ3v) is 6.12. The summed E-state index contributed by atoms with van der Waals surface area (Å²) >= 11 is 5.92. The summed E-state index contributed by atoms with van der Waals surface area (Å²) in [5.41, 5.74) is 4.62. The normalized spacial score (nSPS) is 15.3. The quantitative estimate of drug-likeness (QED) is 0.450. The SMILES string of the molecule is Clc1ccc(-c2n[nH]c(C3CCN(Cc4ccc(-c5ccccc5)cc4)CC3)n2)nc1. The fourth-order valence-corrected chi connectivity index (χ4v) is 4.25. The first-order chi connectivity index (χ1) is 15.2. The Morgan fingerprint density at radius 1 is 0.903 bits per heavy atom. The summed E-state index contributed by atoms with van der Waals surface area (Å²) in [5.74, 6) is 2.00. The number of hydrogen-bond donors (Lipinski definition) is 1. The maximum Gasteiger partial charge on any atom is 0.199 e. The highest BCUT2D eigenvalue weighted by Crippen LogP contribution is 2.28. The van der Waals surface area contributed by atoms with Crippen molar-refractivity contribution in [2.75, 3.05) is 13.1 Å². The molecule has 156 valence electrons. The molecule has 1 N–H and O–H groups in total. The Hall–Kier alpha value is -3.02. The van der Waals surface area contributed by atoms with Gasteiger partial charge in [0.05, 0.1) is 5.02 Å². The van der Waals surface area contributed by atoms with Crippen molar-refractivity contribution in [3.8, 4) is 22.6 Å². The Labute approximate surface area is 187 Å². The molecule has 1 aliphatic rings. The van der Waals surface area contributed by atoms with Crippen LogP contribution in [0.5, 0.6) is 0 Å². The topological polar surface area (TPSA) is 57.7 Å². The minimum absolute atomic E-state index is 0.408. The second-order valence-corrected chi connectivity index (χ2v) is 8.46. The lowest BCUT2D eigenvalue weighted by Gasteiger charge is -2.30. The minimum Gasteiger partial charge on any atom is -0.299 e. The third kappa shape index (κ3) is 4.68. The fourth-order valence-electron chi connectivity index (χ4n) is 4.14. The number of pyridine rings is 1. The molecule has 0 saturated carbocycles. The molecule has 1 aliphatic heterocycles. The number of piperidine rings is 1. The Morgan fingerprint density at radius 3 is 2.35 bits per heavy atom. The Morgan fingerprint density at radius 2 is 1.65 bits per heavy atom. The van der Waals surface area contributed by atoms with Gasteiger partial charge < -0.3 is 0 Å². The lowest BCUT2D eigenvalue weighted by molar-refractivity contribution is 0.202. The average Bonchev–Trinajstić information content (AvgIpc) is 3.31. The molecule has 3 heterocycles. The van der Waals surface area contributed by atoms with Crippen molar-refractivity contribution in [2.24, 2.45) is 0 Å². The van der Waals surface area contributed by atoms with Gasteiger partial charge in [-0.2, -0.15) is 5.10 Å². The molecule has 0 aliphatic carbocycles. The van der Waals surface area contributed by atoms with Gasteiger partial charge in [0.15, 0.2) is 5.82 Å². The zero-order chi connectivity index (χ0) is 21.0. The number of aromatic nitrogens is 4. The van der Waals surface area contributed by atoms with Gasteiger partial charge in [-0.25, -0.2) is 4.98 Å². The average molecular weight is 430 g/mol. The molecule has 0 amide bonds. The molecule has 31 heavy (non-hydrogen) atoms. The van der Waals surface area contributed by atoms with Gasteiger partial charge in [-0.1, -0.05) is 66.2 Å². The first-order valence-electron chi connectivity index (χ1n) is 10.7. The number of nitrogens with one attached hydrogen (secondary N) is 1. The van der Waals surface area contributed by atoms with Crippen molar-refractivity contribution >= 4 is 11.6 Å². The van der Waals surface area contributed by atoms with Crippen LogP contribution in [0, 0.1) is 0 Å². The summed E-state index contributed by atoms with van der Waals surface area (Å²) in [6.07, 6.45) is 3.77. The highest BCUT2D eigenvalue weighted by atomic mass is 35.5. The molecule has 1 saturated heterocycles. The molecule has 0 radical (unpaired) electrons. The molecule has 0 unspecified atom stereocenters. The highest BCUT2D eigenvalue weighted by molar-refractivity contribution is 6.30. The van der Waals surface area contributed by atoms with Gasteiger partial charge in [-0.15, -0.1) is 0 Å². The van der Waals surface area contributed by atoms with Crippen LogP contribution >= 0.6 is 11.6 Å². The van der Waals surface area contributed by atoms with E-state index in [-0.39, 0.29) is 0 Å². The van der Waals surface area contributed by atoms with E-state index in [2.05, 4.69) is 74.7 Å². The number of likely N-dealkylation sites (tertiary alicyclic amines) is 1. The number of rotatable bonds is 5. The van der Waals surface area contributed by atoms with E-state index >= 15 is 0 Å². The van der Waals surface area contributed by atoms with Gasteiger partial charge >= 0.3 is 0 Å². The highest BCUT2D eigenvalue weighted by Gasteiger charge is 2.23. The Bertz CT molecular complexity index is 1110. The summed E-state index contributed by atoms with van der Waals surface area (Å²) in [6, 6.07) is 23.1. The van der Waals surface area contributed by atoms with Gasteiger partial charge in [0.1, 0.15) is 11.5 Å². The van der Waals surface area contributed by atoms with Crippen LogP contribution in [0.15, 0.2) is 72.9 Å². The standard InChI is InChI=1S/C25H24ClN5/c26-22-10-11-23(27-16-22)25-28-24(29-30-25)21-12-14-31(15-13-21)17-18-6-8-20(9-7-18)19-4-2-1-3-5-19/h1-11,16,21H,12-15,17H2,(H,28,29,30). The van der Waals surface area contributed by atoms with Crippen LogP contribution in [0.4, 0.5) is 0 Å². The molecule has 2 aromatic carbocycles. The van der Waals surface area contributed by atoms with E-state index in [0.717, 1.165) is 44.0 Å². The molecule has 0 atom stereocenters. The second-order valence-electron chi connectivity index (χ2n) is 8.02. The van der Waals surface area contributed by atoms with E-state index < -0.39 is 0 Å². The van der Waals surface area contributed by atoms with Crippen molar-refractivity contribution in [1.29, 1.82) is 0 Å². The van der Waals surface area contributed by atoms with E-state index in [1.807, 2.05) is 12.1 Å². The van der Waals surface area contributed by atoms with E-state index in [9.17, 15) is 0 Å². The van der Waals surface area contributed by atoms with Gasteiger partial charge in [0.2, 0.25) is 0 Å². The maximum atomic E-state index is 5.92. The molecule has 0 spiro atoms. The van der Waals surface area contributed by atoms with Crippen LogP contribution in [0.3, 0.4) is 0 Å². The van der Waals surface area contributed by atoms with Crippen LogP contribution in [0.1, 0.15) is 30.1 Å². The number of hydrogen-bond acceptors (Lipinski definition) is 4. The monoisotopic (exact) mass is 429 g/mol. The zero-order valence-electron chi connectivity index (χ0n) is 17.2. The lowest BCUT2D eigenvalue weighted by Crippen LogP contribution is -2.32. The molecule has 1 fully saturated rings. The van der Waals surface area contributed by atoms with E-state index in [1.165, 1.54) is 16.7 Å². The Kier molecular flexibility index (Phi) is 5.78. The number of aromatic amines is 1. The maximum absolute atomic E-state index is 5.92. The van der Waals surface area contributed by atoms with E-state index in [4.69, 9.17) is 16.6 Å². The number of benzene rings is 2. The summed E-state index contributed by atoms with van der Waals surface area (Å²) < 4.78 is 0. The van der Waals surface area contributed by atoms with Gasteiger partial charge in [0, 0.05) is 18.7 Å². The summed E-state index contributed by atoms with van der Waals surface area (Å²) in [7, 11) is 0. The molecule has 4 aromatic rings. The third-order valence-electron chi connectivity index (χ3n) is 5.90. The van der Waals surface area contributed by atoms with Crippen LogP contribution < -0.4 is 0 Å². The van der Waals surface area contributed by atoms with Gasteiger partial charge in [-0.05, 0) is 54.8 Å². The number of nitrogens with zero attached hydrogens (tertiary/aromatic N) is 4. The van der Waals surface area contributed by atoms with Crippen molar-refractivity contribution in [3.05, 3.63) is 89.3 Å². The smallest absolute Gasteiger partial charge is 0.199 e. The first-order valence-corrected chi connectivity index (χ1v) is 11.0. The molecular weight excluding hydrogens is 406 g/mol. The van der Waals surface area contributed by atoms with Gasteiger partial charge in [-0.3, -0.25) is 15.0 Å². The molecular formula is C25H24ClN5. The molecule has 6 heteroatoms. The van der Waals surface area contributed by atoms with Crippen molar-refractivity contribution in [1.82, 2.24) is 25.1 Å². The second kappa shape index (κ2) is 9.00. The predicted molar refractivity (Wildman–Crippen MR) is 124 cm³/mol. The zero-order valence-corrected chi connectivity index (χ0v) is 18.0. The molecule has 5 rings (SSSR count). The minimum atomic E-state index is 0.408. The number of H-pyrrole nitrogens is 1. The van der Waals surface area contributed by atoms with Crippen molar-refractivity contribution in [3.63, 3.8) is 0 Å². The van der Waals surface area contributed by atoms with Crippen LogP contribution in [-0.4, -0.2) is 38.2 Å². The van der Waals surface area contributed by atoms with E-state index in [1.54, 1.807) is 6.20 Å². The summed E-state index contributed by atoms with van der Waals surface area (Å²) in [4.78, 5) is 11.5. The summed E-state index contributed by atoms with van der Waals surface area (Å²) in [6.45, 7) is 3.10. The molecule has 5 nitrogen and oxygen atoms in total. The fraction of sp³-hybridized carbons (Fsp3) is 0.240. The van der Waals surface area contributed by atoms with Crippen LogP contribution in [-0.2, 0) is 6.54 Å². The lowest BCUT2D eigenvalue weighted by atomic mass is 9.95. The van der Waals surface area contributed by atoms with Crippen LogP contribution in [0.2, 0.25) is 5.02 Å². The van der Waals surface area contributed by atoms with E-state index in [0.29, 0.717) is 16.8 Å².